The Morgan fingerprint density at radius 3 is 2.50 bits per heavy atom. The van der Waals surface area contributed by atoms with Gasteiger partial charge in [0.05, 0.1) is 16.2 Å². The number of carbonyl (C=O) groups is 2. The first-order chi connectivity index (χ1) is 18.1. The van der Waals surface area contributed by atoms with E-state index in [-0.39, 0.29) is 16.8 Å². The number of hydrogen-bond acceptors (Lipinski definition) is 7. The minimum atomic E-state index is -3.63. The lowest BCUT2D eigenvalue weighted by molar-refractivity contribution is 0.0942. The highest BCUT2D eigenvalue weighted by Crippen LogP contribution is 2.38. The minimum Gasteiger partial charge on any atom is -0.313 e. The quantitative estimate of drug-likeness (QED) is 0.509. The number of aryl methyl sites for hydroxylation is 2. The molecule has 1 atom stereocenters. The summed E-state index contributed by atoms with van der Waals surface area (Å²) in [7, 11) is -1.59. The van der Waals surface area contributed by atoms with Crippen molar-refractivity contribution in [1.82, 2.24) is 19.0 Å². The number of aromatic nitrogens is 2. The zero-order valence-electron chi connectivity index (χ0n) is 22.2. The number of nitrogens with one attached hydrogen (secondary N) is 1. The van der Waals surface area contributed by atoms with Crippen molar-refractivity contribution in [2.45, 2.75) is 63.9 Å². The van der Waals surface area contributed by atoms with E-state index in [0.29, 0.717) is 35.6 Å². The lowest BCUT2D eigenvalue weighted by Gasteiger charge is -2.32. The molecular formula is C27H33N5O4S2. The van der Waals surface area contributed by atoms with E-state index in [1.807, 2.05) is 33.9 Å². The smallest absolute Gasteiger partial charge is 0.281 e. The van der Waals surface area contributed by atoms with Crippen LogP contribution in [0.1, 0.15) is 68.7 Å². The zero-order chi connectivity index (χ0) is 27.2. The van der Waals surface area contributed by atoms with Gasteiger partial charge in [0, 0.05) is 41.8 Å². The van der Waals surface area contributed by atoms with Crippen molar-refractivity contribution < 1.29 is 18.0 Å². The molecule has 0 bridgehead atoms. The van der Waals surface area contributed by atoms with Gasteiger partial charge in [0.2, 0.25) is 10.0 Å². The molecule has 202 valence electrons. The second-order valence-electron chi connectivity index (χ2n) is 10.3. The van der Waals surface area contributed by atoms with E-state index in [4.69, 9.17) is 0 Å². The van der Waals surface area contributed by atoms with Crippen LogP contribution in [-0.2, 0) is 23.0 Å². The van der Waals surface area contributed by atoms with Gasteiger partial charge < -0.3 is 10.2 Å². The number of rotatable bonds is 5. The molecule has 0 saturated carbocycles. The molecule has 1 fully saturated rings. The number of benzene rings is 1. The van der Waals surface area contributed by atoms with Crippen LogP contribution in [0.15, 0.2) is 35.2 Å². The third-order valence-corrected chi connectivity index (χ3v) is 10.5. The van der Waals surface area contributed by atoms with E-state index in [2.05, 4.69) is 15.3 Å². The van der Waals surface area contributed by atoms with Crippen molar-refractivity contribution in [3.63, 3.8) is 0 Å². The van der Waals surface area contributed by atoms with Crippen LogP contribution in [0.3, 0.4) is 0 Å². The fourth-order valence-corrected chi connectivity index (χ4v) is 8.32. The fraction of sp³-hybridized carbons (Fsp3) is 0.444. The van der Waals surface area contributed by atoms with Crippen LogP contribution >= 0.6 is 11.3 Å². The normalized spacial score (nSPS) is 18.8. The van der Waals surface area contributed by atoms with Crippen molar-refractivity contribution in [3.05, 3.63) is 63.3 Å². The number of anilines is 1. The summed E-state index contributed by atoms with van der Waals surface area (Å²) in [4.78, 5) is 30.3. The summed E-state index contributed by atoms with van der Waals surface area (Å²) in [5.74, 6) is -0.653. The van der Waals surface area contributed by atoms with Crippen LogP contribution in [0.4, 0.5) is 5.00 Å². The Balaban J connectivity index is 1.43. The molecule has 1 N–H and O–H groups in total. The molecule has 0 spiro atoms. The van der Waals surface area contributed by atoms with Crippen LogP contribution in [-0.4, -0.2) is 65.4 Å². The number of piperidine rings is 1. The molecule has 1 unspecified atom stereocenters. The Kier molecular flexibility index (Phi) is 7.29. The summed E-state index contributed by atoms with van der Waals surface area (Å²) in [6.45, 7) is 7.64. The van der Waals surface area contributed by atoms with Crippen molar-refractivity contribution in [3.8, 4) is 0 Å². The molecule has 1 aromatic carbocycles. The molecule has 3 aromatic rings. The van der Waals surface area contributed by atoms with Gasteiger partial charge in [-0.15, -0.1) is 11.3 Å². The van der Waals surface area contributed by atoms with E-state index < -0.39 is 15.9 Å². The summed E-state index contributed by atoms with van der Waals surface area (Å²) in [6.07, 6.45) is 3.43. The fourth-order valence-electron chi connectivity index (χ4n) is 5.30. The molecule has 4 heterocycles. The monoisotopic (exact) mass is 555 g/mol. The lowest BCUT2D eigenvalue weighted by atomic mass is 10.0. The van der Waals surface area contributed by atoms with Gasteiger partial charge in [0.15, 0.2) is 0 Å². The van der Waals surface area contributed by atoms with Gasteiger partial charge in [-0.25, -0.2) is 13.1 Å². The van der Waals surface area contributed by atoms with Gasteiger partial charge in [-0.1, -0.05) is 6.42 Å². The first-order valence-corrected chi connectivity index (χ1v) is 15.2. The molecule has 5 rings (SSSR count). The Bertz CT molecular complexity index is 1490. The maximum atomic E-state index is 13.6. The van der Waals surface area contributed by atoms with E-state index in [9.17, 15) is 18.0 Å². The topological polar surface area (TPSA) is 105 Å². The molecule has 1 amide bonds. The van der Waals surface area contributed by atoms with Crippen LogP contribution in [0.25, 0.3) is 0 Å². The summed E-state index contributed by atoms with van der Waals surface area (Å²) in [5, 5.41) is 7.81. The Morgan fingerprint density at radius 2 is 1.84 bits per heavy atom. The van der Waals surface area contributed by atoms with Crippen molar-refractivity contribution >= 4 is 38.2 Å². The minimum absolute atomic E-state index is 0.0428. The molecule has 1 saturated heterocycles. The molecule has 2 aliphatic heterocycles. The van der Waals surface area contributed by atoms with Gasteiger partial charge in [-0.3, -0.25) is 9.59 Å². The molecule has 2 aliphatic rings. The van der Waals surface area contributed by atoms with Gasteiger partial charge in [-0.05, 0) is 83.0 Å². The first kappa shape index (κ1) is 26.7. The number of hydrogen-bond donors (Lipinski definition) is 1. The average Bonchev–Trinajstić information content (AvgIpc) is 3.41. The number of thiophene rings is 1. The zero-order valence-corrected chi connectivity index (χ0v) is 23.8. The number of carbonyl (C=O) groups excluding carboxylic acids is 2. The van der Waals surface area contributed by atoms with Gasteiger partial charge >= 0.3 is 0 Å². The van der Waals surface area contributed by atoms with E-state index >= 15 is 0 Å². The first-order valence-electron chi connectivity index (χ1n) is 12.9. The van der Waals surface area contributed by atoms with Crippen LogP contribution in [0.5, 0.6) is 0 Å². The van der Waals surface area contributed by atoms with Gasteiger partial charge in [0.25, 0.3) is 11.8 Å². The average molecular weight is 556 g/mol. The summed E-state index contributed by atoms with van der Waals surface area (Å²) in [6, 6.07) is 7.84. The summed E-state index contributed by atoms with van der Waals surface area (Å²) >= 11 is 1.41. The molecule has 38 heavy (non-hydrogen) atoms. The Morgan fingerprint density at radius 1 is 1.11 bits per heavy atom. The van der Waals surface area contributed by atoms with Crippen molar-refractivity contribution in [2.75, 3.05) is 25.5 Å². The van der Waals surface area contributed by atoms with Gasteiger partial charge in [-0.2, -0.15) is 9.40 Å². The van der Waals surface area contributed by atoms with Crippen LogP contribution < -0.4 is 5.32 Å². The van der Waals surface area contributed by atoms with E-state index in [0.717, 1.165) is 47.6 Å². The second-order valence-corrected chi connectivity index (χ2v) is 13.3. The second kappa shape index (κ2) is 10.4. The maximum Gasteiger partial charge on any atom is 0.281 e. The third kappa shape index (κ3) is 4.95. The number of sulfonamides is 1. The standard InChI is InChI=1S/C27H33N5O4S2/c1-17-15-19(3)32(29-17)27(34)24-22-12-14-30(4)16-23(22)37-26(24)28-25(33)20-8-10-21(11-9-20)38(35,36)31-13-6-5-7-18(31)2/h8-11,15,18H,5-7,12-14,16H2,1-4H3,(H,28,33). The third-order valence-electron chi connectivity index (χ3n) is 7.36. The highest BCUT2D eigenvalue weighted by molar-refractivity contribution is 7.89. The Hall–Kier alpha value is -2.86. The van der Waals surface area contributed by atoms with Gasteiger partial charge in [0.1, 0.15) is 5.00 Å². The SMILES string of the molecule is Cc1cc(C)n(C(=O)c2c(NC(=O)c3ccc(S(=O)(=O)N4CCCCC4C)cc3)sc3c2CCN(C)C3)n1. The predicted molar refractivity (Wildman–Crippen MR) is 147 cm³/mol. The number of amides is 1. The highest BCUT2D eigenvalue weighted by atomic mass is 32.2. The largest absolute Gasteiger partial charge is 0.313 e. The lowest BCUT2D eigenvalue weighted by Crippen LogP contribution is -2.41. The maximum absolute atomic E-state index is 13.6. The molecule has 0 radical (unpaired) electrons. The van der Waals surface area contributed by atoms with E-state index in [1.165, 1.54) is 40.3 Å². The molecule has 2 aromatic heterocycles. The highest BCUT2D eigenvalue weighted by Gasteiger charge is 2.32. The summed E-state index contributed by atoms with van der Waals surface area (Å²) in [5.41, 5.74) is 3.24. The van der Waals surface area contributed by atoms with Crippen LogP contribution in [0, 0.1) is 13.8 Å². The molecule has 11 heteroatoms. The molecular weight excluding hydrogens is 522 g/mol. The summed E-state index contributed by atoms with van der Waals surface area (Å²) < 4.78 is 29.3. The number of nitrogens with zero attached hydrogens (tertiary/aromatic N) is 4. The number of likely N-dealkylation sites (N-methyl/N-ethyl adjacent to an activating group) is 1. The van der Waals surface area contributed by atoms with Crippen molar-refractivity contribution in [2.24, 2.45) is 0 Å². The van der Waals surface area contributed by atoms with Crippen LogP contribution in [0.2, 0.25) is 0 Å². The molecule has 9 nitrogen and oxygen atoms in total. The predicted octanol–water partition coefficient (Wildman–Crippen LogP) is 4.05. The molecule has 0 aliphatic carbocycles. The Labute approximate surface area is 227 Å². The van der Waals surface area contributed by atoms with E-state index in [1.54, 1.807) is 4.31 Å². The number of fused-ring (bicyclic) bond motifs is 1. The van der Waals surface area contributed by atoms with Crippen molar-refractivity contribution in [1.29, 1.82) is 0 Å².